The molecule has 0 radical (unpaired) electrons. The minimum absolute atomic E-state index is 0.107. The molecule has 6 nitrogen and oxygen atoms in total. The number of carbonyl (C=O) groups is 1. The smallest absolute Gasteiger partial charge is 0.445 e. The Labute approximate surface area is 135 Å². The third-order valence-electron chi connectivity index (χ3n) is 2.97. The van der Waals surface area contributed by atoms with Crippen LogP contribution >= 0.6 is 8.25 Å². The third kappa shape index (κ3) is 6.57. The zero-order chi connectivity index (χ0) is 16.5. The molecular weight excluding hydrogens is 317 g/mol. The summed E-state index contributed by atoms with van der Waals surface area (Å²) in [4.78, 5) is 20.7. The predicted molar refractivity (Wildman–Crippen MR) is 84.6 cm³/mol. The first kappa shape index (κ1) is 17.1. The molecule has 120 valence electrons. The molecule has 0 fully saturated rings. The van der Waals surface area contributed by atoms with Gasteiger partial charge in [-0.05, 0) is 11.1 Å². The summed E-state index contributed by atoms with van der Waals surface area (Å²) in [7, 11) is -2.84. The van der Waals surface area contributed by atoms with E-state index in [1.807, 2.05) is 60.7 Å². The zero-order valence-corrected chi connectivity index (χ0v) is 13.2. The van der Waals surface area contributed by atoms with Crippen LogP contribution in [0.5, 0.6) is 0 Å². The van der Waals surface area contributed by atoms with Gasteiger partial charge < -0.3 is 4.74 Å². The van der Waals surface area contributed by atoms with Crippen LogP contribution in [0.1, 0.15) is 11.1 Å². The molecule has 0 bridgehead atoms. The van der Waals surface area contributed by atoms with E-state index in [9.17, 15) is 9.36 Å². The van der Waals surface area contributed by atoms with Crippen molar-refractivity contribution in [2.45, 2.75) is 19.3 Å². The highest BCUT2D eigenvalue weighted by Gasteiger charge is 2.25. The van der Waals surface area contributed by atoms with Crippen LogP contribution in [-0.4, -0.2) is 17.2 Å². The molecule has 2 atom stereocenters. The van der Waals surface area contributed by atoms with Crippen LogP contribution in [-0.2, 0) is 26.9 Å². The number of nitrogens with one attached hydrogen (secondary N) is 1. The molecule has 2 aromatic carbocycles. The molecule has 0 aromatic heterocycles. The lowest BCUT2D eigenvalue weighted by Gasteiger charge is -2.13. The lowest BCUT2D eigenvalue weighted by atomic mass is 10.1. The Morgan fingerprint density at radius 1 is 1.04 bits per heavy atom. The van der Waals surface area contributed by atoms with Crippen LogP contribution in [0.15, 0.2) is 60.7 Å². The fraction of sp³-hybridized carbons (Fsp3) is 0.188. The van der Waals surface area contributed by atoms with E-state index in [2.05, 4.69) is 5.32 Å². The molecule has 23 heavy (non-hydrogen) atoms. The number of carbonyl (C=O) groups excluding carboxylic acids is 1. The van der Waals surface area contributed by atoms with Crippen LogP contribution < -0.4 is 5.32 Å². The van der Waals surface area contributed by atoms with Gasteiger partial charge >= 0.3 is 14.3 Å². The van der Waals surface area contributed by atoms with Crippen LogP contribution in [0.4, 0.5) is 4.79 Å². The van der Waals surface area contributed by atoms with Crippen molar-refractivity contribution >= 4 is 14.3 Å². The van der Waals surface area contributed by atoms with Gasteiger partial charge in [0.05, 0.1) is 0 Å². The molecular formula is C16H17NO5P+. The molecule has 0 saturated heterocycles. The Balaban J connectivity index is 1.88. The van der Waals surface area contributed by atoms with Crippen LogP contribution in [0.25, 0.3) is 0 Å². The highest BCUT2D eigenvalue weighted by atomic mass is 31.1. The first-order valence-corrected chi connectivity index (χ1v) is 8.10. The Morgan fingerprint density at radius 3 is 2.17 bits per heavy atom. The van der Waals surface area contributed by atoms with E-state index in [1.165, 1.54) is 0 Å². The molecule has 0 saturated carbocycles. The second-order valence-electron chi connectivity index (χ2n) is 4.73. The van der Waals surface area contributed by atoms with Crippen molar-refractivity contribution in [3.63, 3.8) is 0 Å². The quantitative estimate of drug-likeness (QED) is 0.600. The first-order chi connectivity index (χ1) is 11.1. The van der Waals surface area contributed by atoms with Crippen molar-refractivity contribution in [3.8, 4) is 0 Å². The lowest BCUT2D eigenvalue weighted by molar-refractivity contribution is 0.104. The van der Waals surface area contributed by atoms with E-state index in [-0.39, 0.29) is 13.0 Å². The van der Waals surface area contributed by atoms with E-state index < -0.39 is 20.6 Å². The monoisotopic (exact) mass is 334 g/mol. The van der Waals surface area contributed by atoms with E-state index in [1.54, 1.807) is 0 Å². The maximum absolute atomic E-state index is 11.8. The molecule has 0 aliphatic heterocycles. The average molecular weight is 334 g/mol. The van der Waals surface area contributed by atoms with Crippen molar-refractivity contribution in [1.82, 2.24) is 5.32 Å². The summed E-state index contributed by atoms with van der Waals surface area (Å²) in [5, 5.41) is 2.44. The summed E-state index contributed by atoms with van der Waals surface area (Å²) in [5.41, 5.74) is 1.70. The number of hydrogen-bond donors (Lipinski definition) is 2. The zero-order valence-electron chi connectivity index (χ0n) is 12.3. The number of rotatable bonds is 7. The average Bonchev–Trinajstić information content (AvgIpc) is 2.54. The van der Waals surface area contributed by atoms with E-state index in [0.29, 0.717) is 0 Å². The third-order valence-corrected chi connectivity index (χ3v) is 3.41. The molecule has 7 heteroatoms. The first-order valence-electron chi connectivity index (χ1n) is 6.97. The fourth-order valence-electron chi connectivity index (χ4n) is 1.95. The Kier molecular flexibility index (Phi) is 6.69. The minimum atomic E-state index is -2.84. The maximum atomic E-state index is 11.8. The minimum Gasteiger partial charge on any atom is -0.445 e. The van der Waals surface area contributed by atoms with Crippen molar-refractivity contribution in [2.75, 3.05) is 0 Å². The lowest BCUT2D eigenvalue weighted by Crippen LogP contribution is -2.37. The van der Waals surface area contributed by atoms with Gasteiger partial charge in [-0.2, -0.15) is 0 Å². The van der Waals surface area contributed by atoms with Crippen molar-refractivity contribution < 1.29 is 23.5 Å². The van der Waals surface area contributed by atoms with E-state index in [0.717, 1.165) is 11.1 Å². The highest BCUT2D eigenvalue weighted by Crippen LogP contribution is 2.19. The Morgan fingerprint density at radius 2 is 1.61 bits per heavy atom. The van der Waals surface area contributed by atoms with Gasteiger partial charge in [0, 0.05) is 11.0 Å². The van der Waals surface area contributed by atoms with E-state index >= 15 is 0 Å². The second-order valence-corrected chi connectivity index (χ2v) is 5.41. The maximum Gasteiger partial charge on any atom is 0.696 e. The largest absolute Gasteiger partial charge is 0.696 e. The second kappa shape index (κ2) is 9.00. The summed E-state index contributed by atoms with van der Waals surface area (Å²) >= 11 is 0. The SMILES string of the molecule is O=C(NC(Cc1ccccc1)O[P+](=O)O)OCc1ccccc1. The number of hydrogen-bond acceptors (Lipinski definition) is 4. The van der Waals surface area contributed by atoms with Crippen molar-refractivity contribution in [2.24, 2.45) is 0 Å². The molecule has 0 heterocycles. The van der Waals surface area contributed by atoms with Gasteiger partial charge in [0.15, 0.2) is 6.23 Å². The molecule has 1 amide bonds. The van der Waals surface area contributed by atoms with Gasteiger partial charge in [-0.3, -0.25) is 5.32 Å². The number of benzene rings is 2. The standard InChI is InChI=1S/C16H16NO5P/c18-16(21-12-14-9-5-2-6-10-14)17-15(22-23(19)20)11-13-7-3-1-4-8-13/h1-10,15H,11-12H2,(H-,17,18,19,20)/p+1. The molecule has 2 aromatic rings. The number of alkyl carbamates (subject to hydrolysis) is 1. The highest BCUT2D eigenvalue weighted by molar-refractivity contribution is 7.32. The van der Waals surface area contributed by atoms with Crippen LogP contribution in [0.2, 0.25) is 0 Å². The molecule has 2 unspecified atom stereocenters. The molecule has 0 aliphatic rings. The van der Waals surface area contributed by atoms with Gasteiger partial charge in [-0.25, -0.2) is 4.79 Å². The molecule has 0 spiro atoms. The predicted octanol–water partition coefficient (Wildman–Crippen LogP) is 3.15. The topological polar surface area (TPSA) is 84.9 Å². The Bertz CT molecular complexity index is 635. The summed E-state index contributed by atoms with van der Waals surface area (Å²) in [6, 6.07) is 18.4. The summed E-state index contributed by atoms with van der Waals surface area (Å²) in [5.74, 6) is 0. The molecule has 2 rings (SSSR count). The number of amides is 1. The van der Waals surface area contributed by atoms with Crippen LogP contribution in [0.3, 0.4) is 0 Å². The fourth-order valence-corrected chi connectivity index (χ4v) is 2.29. The van der Waals surface area contributed by atoms with Gasteiger partial charge in [0.25, 0.3) is 0 Å². The van der Waals surface area contributed by atoms with Crippen molar-refractivity contribution in [1.29, 1.82) is 0 Å². The molecule has 0 aliphatic carbocycles. The van der Waals surface area contributed by atoms with Gasteiger partial charge in [-0.15, -0.1) is 4.89 Å². The van der Waals surface area contributed by atoms with Gasteiger partial charge in [0.2, 0.25) is 0 Å². The van der Waals surface area contributed by atoms with Crippen molar-refractivity contribution in [3.05, 3.63) is 71.8 Å². The van der Waals surface area contributed by atoms with E-state index in [4.69, 9.17) is 14.2 Å². The summed E-state index contributed by atoms with van der Waals surface area (Å²) < 4.78 is 20.8. The van der Waals surface area contributed by atoms with Crippen LogP contribution in [0, 0.1) is 0 Å². The normalized spacial score (nSPS) is 12.3. The Hall–Kier alpha value is -2.27. The summed E-state index contributed by atoms with van der Waals surface area (Å²) in [6.07, 6.45) is -1.41. The molecule has 2 N–H and O–H groups in total. The summed E-state index contributed by atoms with van der Waals surface area (Å²) in [6.45, 7) is 0.107. The van der Waals surface area contributed by atoms with Gasteiger partial charge in [-0.1, -0.05) is 65.2 Å². The number of ether oxygens (including phenoxy) is 1. The van der Waals surface area contributed by atoms with Gasteiger partial charge in [0.1, 0.15) is 6.61 Å².